The summed E-state index contributed by atoms with van der Waals surface area (Å²) in [4.78, 5) is 14.8. The Bertz CT molecular complexity index is 353. The molecule has 1 unspecified atom stereocenters. The number of amides is 1. The molecule has 1 fully saturated rings. The molecule has 1 aliphatic heterocycles. The fraction of sp³-hybridized carbons (Fsp3) is 0.875. The average Bonchev–Trinajstić information content (AvgIpc) is 2.47. The molecule has 1 heterocycles. The zero-order chi connectivity index (χ0) is 15.7. The van der Waals surface area contributed by atoms with Gasteiger partial charge in [0.2, 0.25) is 5.91 Å². The van der Waals surface area contributed by atoms with Gasteiger partial charge in [0.1, 0.15) is 5.41 Å². The molecule has 5 nitrogen and oxygen atoms in total. The van der Waals surface area contributed by atoms with Crippen molar-refractivity contribution in [1.29, 1.82) is 5.26 Å². The van der Waals surface area contributed by atoms with E-state index < -0.39 is 5.41 Å². The number of hydrogen-bond acceptors (Lipinski definition) is 4. The molecular formula is C16H29N3O2. The Labute approximate surface area is 128 Å². The third kappa shape index (κ3) is 5.29. The fourth-order valence-electron chi connectivity index (χ4n) is 2.95. The normalized spacial score (nSPS) is 18.0. The number of nitriles is 1. The summed E-state index contributed by atoms with van der Waals surface area (Å²) in [6, 6.07) is 2.33. The van der Waals surface area contributed by atoms with Gasteiger partial charge in [0.15, 0.2) is 0 Å². The van der Waals surface area contributed by atoms with Crippen molar-refractivity contribution in [2.24, 2.45) is 5.41 Å². The minimum atomic E-state index is -0.858. The predicted octanol–water partition coefficient (Wildman–Crippen LogP) is 1.93. The molecule has 0 aliphatic carbocycles. The van der Waals surface area contributed by atoms with E-state index in [0.29, 0.717) is 12.8 Å². The Morgan fingerprint density at radius 3 is 2.38 bits per heavy atom. The first-order valence-corrected chi connectivity index (χ1v) is 8.10. The van der Waals surface area contributed by atoms with E-state index in [0.717, 1.165) is 45.7 Å². The van der Waals surface area contributed by atoms with Crippen molar-refractivity contribution < 1.29 is 9.53 Å². The van der Waals surface area contributed by atoms with Crippen LogP contribution in [0.25, 0.3) is 0 Å². The molecule has 0 radical (unpaired) electrons. The van der Waals surface area contributed by atoms with Crippen molar-refractivity contribution in [1.82, 2.24) is 10.2 Å². The Balaban J connectivity index is 2.56. The lowest BCUT2D eigenvalue weighted by atomic mass is 9.79. The third-order valence-corrected chi connectivity index (χ3v) is 4.02. The highest BCUT2D eigenvalue weighted by molar-refractivity contribution is 5.85. The van der Waals surface area contributed by atoms with Crippen LogP contribution in [0.15, 0.2) is 0 Å². The van der Waals surface area contributed by atoms with Crippen molar-refractivity contribution in [3.05, 3.63) is 0 Å². The van der Waals surface area contributed by atoms with Gasteiger partial charge in [0, 0.05) is 25.7 Å². The molecule has 0 saturated carbocycles. The summed E-state index contributed by atoms with van der Waals surface area (Å²) in [5, 5.41) is 12.6. The summed E-state index contributed by atoms with van der Waals surface area (Å²) < 4.78 is 5.33. The van der Waals surface area contributed by atoms with Crippen molar-refractivity contribution in [2.75, 3.05) is 32.8 Å². The second-order valence-electron chi connectivity index (χ2n) is 5.98. The van der Waals surface area contributed by atoms with Crippen LogP contribution < -0.4 is 5.32 Å². The second kappa shape index (κ2) is 9.01. The Hall–Kier alpha value is -1.12. The van der Waals surface area contributed by atoms with Gasteiger partial charge in [-0.1, -0.05) is 26.7 Å². The van der Waals surface area contributed by atoms with E-state index in [1.807, 2.05) is 20.8 Å². The maximum Gasteiger partial charge on any atom is 0.240 e. The summed E-state index contributed by atoms with van der Waals surface area (Å²) in [7, 11) is 0. The van der Waals surface area contributed by atoms with E-state index in [1.165, 1.54) is 0 Å². The van der Waals surface area contributed by atoms with E-state index in [-0.39, 0.29) is 11.9 Å². The van der Waals surface area contributed by atoms with Crippen molar-refractivity contribution in [3.63, 3.8) is 0 Å². The lowest BCUT2D eigenvalue weighted by molar-refractivity contribution is -0.129. The van der Waals surface area contributed by atoms with Crippen LogP contribution >= 0.6 is 0 Å². The van der Waals surface area contributed by atoms with Crippen LogP contribution in [0.4, 0.5) is 0 Å². The summed E-state index contributed by atoms with van der Waals surface area (Å²) >= 11 is 0. The van der Waals surface area contributed by atoms with Crippen LogP contribution in [-0.2, 0) is 9.53 Å². The monoisotopic (exact) mass is 295 g/mol. The summed E-state index contributed by atoms with van der Waals surface area (Å²) in [6.45, 7) is 10.2. The molecule has 0 aromatic carbocycles. The van der Waals surface area contributed by atoms with Gasteiger partial charge in [-0.3, -0.25) is 9.69 Å². The highest BCUT2D eigenvalue weighted by atomic mass is 16.5. The quantitative estimate of drug-likeness (QED) is 0.743. The highest BCUT2D eigenvalue weighted by Crippen LogP contribution is 2.29. The van der Waals surface area contributed by atoms with E-state index in [4.69, 9.17) is 4.74 Å². The average molecular weight is 295 g/mol. The molecule has 1 rings (SSSR count). The van der Waals surface area contributed by atoms with Crippen LogP contribution in [0.5, 0.6) is 0 Å². The third-order valence-electron chi connectivity index (χ3n) is 4.02. The molecule has 21 heavy (non-hydrogen) atoms. The molecule has 0 spiro atoms. The number of carbonyl (C=O) groups is 1. The molecule has 1 saturated heterocycles. The van der Waals surface area contributed by atoms with Gasteiger partial charge < -0.3 is 10.1 Å². The van der Waals surface area contributed by atoms with Gasteiger partial charge in [-0.05, 0) is 19.8 Å². The fourth-order valence-corrected chi connectivity index (χ4v) is 2.95. The van der Waals surface area contributed by atoms with Gasteiger partial charge in [-0.2, -0.15) is 5.26 Å². The van der Waals surface area contributed by atoms with Gasteiger partial charge in [-0.15, -0.1) is 0 Å². The van der Waals surface area contributed by atoms with E-state index in [9.17, 15) is 10.1 Å². The number of morpholine rings is 1. The minimum absolute atomic E-state index is 0.0528. The first kappa shape index (κ1) is 17.9. The molecule has 5 heteroatoms. The number of nitrogens with one attached hydrogen (secondary N) is 1. The largest absolute Gasteiger partial charge is 0.379 e. The van der Waals surface area contributed by atoms with Crippen LogP contribution in [-0.4, -0.2) is 49.7 Å². The van der Waals surface area contributed by atoms with Gasteiger partial charge in [-0.25, -0.2) is 0 Å². The number of ether oxygens (including phenoxy) is 1. The summed E-state index contributed by atoms with van der Waals surface area (Å²) in [6.07, 6.45) is 2.96. The van der Waals surface area contributed by atoms with Crippen molar-refractivity contribution in [3.8, 4) is 6.07 Å². The Morgan fingerprint density at radius 2 is 1.90 bits per heavy atom. The predicted molar refractivity (Wildman–Crippen MR) is 82.7 cm³/mol. The molecule has 1 atom stereocenters. The first-order valence-electron chi connectivity index (χ1n) is 8.10. The Morgan fingerprint density at radius 1 is 1.33 bits per heavy atom. The maximum atomic E-state index is 12.6. The Kier molecular flexibility index (Phi) is 7.69. The molecule has 0 aromatic heterocycles. The number of rotatable bonds is 8. The molecule has 1 aliphatic rings. The van der Waals surface area contributed by atoms with E-state index in [2.05, 4.69) is 16.3 Å². The molecule has 1 amide bonds. The van der Waals surface area contributed by atoms with E-state index >= 15 is 0 Å². The molecule has 0 aromatic rings. The smallest absolute Gasteiger partial charge is 0.240 e. The number of nitrogens with zero attached hydrogens (tertiary/aromatic N) is 2. The van der Waals surface area contributed by atoms with Crippen molar-refractivity contribution in [2.45, 2.75) is 52.5 Å². The van der Waals surface area contributed by atoms with Crippen LogP contribution in [0.1, 0.15) is 46.5 Å². The minimum Gasteiger partial charge on any atom is -0.379 e. The summed E-state index contributed by atoms with van der Waals surface area (Å²) in [5.41, 5.74) is -0.858. The maximum absolute atomic E-state index is 12.6. The molecular weight excluding hydrogens is 266 g/mol. The topological polar surface area (TPSA) is 65.4 Å². The van der Waals surface area contributed by atoms with Gasteiger partial charge in [0.25, 0.3) is 0 Å². The lowest BCUT2D eigenvalue weighted by Crippen LogP contribution is -2.49. The lowest BCUT2D eigenvalue weighted by Gasteiger charge is -2.31. The SMILES string of the molecule is CCCC(C#N)(CCC)C(=O)NC(C)CN1CCOCC1. The molecule has 120 valence electrons. The van der Waals surface area contributed by atoms with E-state index in [1.54, 1.807) is 0 Å². The van der Waals surface area contributed by atoms with Gasteiger partial charge in [0.05, 0.1) is 19.3 Å². The van der Waals surface area contributed by atoms with Crippen molar-refractivity contribution >= 4 is 5.91 Å². The molecule has 0 bridgehead atoms. The number of hydrogen-bond donors (Lipinski definition) is 1. The zero-order valence-corrected chi connectivity index (χ0v) is 13.7. The highest BCUT2D eigenvalue weighted by Gasteiger charge is 2.37. The zero-order valence-electron chi connectivity index (χ0n) is 13.7. The second-order valence-corrected chi connectivity index (χ2v) is 5.98. The van der Waals surface area contributed by atoms with Crippen LogP contribution in [0.2, 0.25) is 0 Å². The number of carbonyl (C=O) groups excluding carboxylic acids is 1. The van der Waals surface area contributed by atoms with Gasteiger partial charge >= 0.3 is 0 Å². The molecule has 1 N–H and O–H groups in total. The summed E-state index contributed by atoms with van der Waals surface area (Å²) in [5.74, 6) is -0.102. The van der Waals surface area contributed by atoms with Crippen LogP contribution in [0.3, 0.4) is 0 Å². The van der Waals surface area contributed by atoms with Crippen LogP contribution in [0, 0.1) is 16.7 Å². The first-order chi connectivity index (χ1) is 10.1. The standard InChI is InChI=1S/C16H29N3O2/c1-4-6-16(13-17,7-5-2)15(20)18-14(3)12-19-8-10-21-11-9-19/h14H,4-12H2,1-3H3,(H,18,20).